The summed E-state index contributed by atoms with van der Waals surface area (Å²) >= 11 is 0. The lowest BCUT2D eigenvalue weighted by atomic mass is 10.1. The summed E-state index contributed by atoms with van der Waals surface area (Å²) in [5.74, 6) is -0.226. The number of ether oxygens (including phenoxy) is 3. The molecule has 1 aliphatic rings. The summed E-state index contributed by atoms with van der Waals surface area (Å²) < 4.78 is 16.4. The Labute approximate surface area is 152 Å². The van der Waals surface area contributed by atoms with Gasteiger partial charge in [-0.05, 0) is 39.7 Å². The van der Waals surface area contributed by atoms with Gasteiger partial charge < -0.3 is 19.5 Å². The van der Waals surface area contributed by atoms with Gasteiger partial charge in [-0.3, -0.25) is 4.79 Å². The van der Waals surface area contributed by atoms with Crippen molar-refractivity contribution >= 4 is 5.97 Å². The Morgan fingerprint density at radius 3 is 2.64 bits per heavy atom. The quantitative estimate of drug-likeness (QED) is 0.330. The molecule has 0 aromatic heterocycles. The average molecular weight is 354 g/mol. The van der Waals surface area contributed by atoms with Crippen molar-refractivity contribution in [3.8, 4) is 0 Å². The van der Waals surface area contributed by atoms with Crippen LogP contribution in [0.5, 0.6) is 0 Å². The van der Waals surface area contributed by atoms with Crippen LogP contribution < -0.4 is 5.32 Å². The minimum Gasteiger partial charge on any atom is -0.461 e. The maximum Gasteiger partial charge on any atom is 0.306 e. The van der Waals surface area contributed by atoms with E-state index in [1.54, 1.807) is 0 Å². The van der Waals surface area contributed by atoms with Crippen molar-refractivity contribution in [2.75, 3.05) is 32.9 Å². The van der Waals surface area contributed by atoms with E-state index >= 15 is 0 Å². The smallest absolute Gasteiger partial charge is 0.306 e. The van der Waals surface area contributed by atoms with Gasteiger partial charge in [0.25, 0.3) is 0 Å². The highest BCUT2D eigenvalue weighted by molar-refractivity contribution is 5.69. The first kappa shape index (κ1) is 21.9. The first-order chi connectivity index (χ1) is 12.0. The number of unbranched alkanes of at least 4 members (excludes halogenated alkanes) is 1. The fourth-order valence-corrected chi connectivity index (χ4v) is 2.35. The molecular weight excluding hydrogens is 318 g/mol. The van der Waals surface area contributed by atoms with Gasteiger partial charge in [-0.25, -0.2) is 0 Å². The third kappa shape index (κ3) is 11.9. The fraction of sp³-hybridized carbons (Fsp3) is 0.750. The van der Waals surface area contributed by atoms with Crippen LogP contribution in [0.25, 0.3) is 0 Å². The van der Waals surface area contributed by atoms with Gasteiger partial charge in [-0.2, -0.15) is 0 Å². The van der Waals surface area contributed by atoms with Crippen molar-refractivity contribution in [1.82, 2.24) is 5.32 Å². The van der Waals surface area contributed by atoms with Crippen molar-refractivity contribution in [3.05, 3.63) is 24.3 Å². The first-order valence-electron chi connectivity index (χ1n) is 9.47. The van der Waals surface area contributed by atoms with E-state index in [4.69, 9.17) is 14.2 Å². The number of nitrogens with one attached hydrogen (secondary N) is 1. The van der Waals surface area contributed by atoms with Gasteiger partial charge in [0.15, 0.2) is 5.79 Å². The summed E-state index contributed by atoms with van der Waals surface area (Å²) in [5, 5.41) is 3.35. The van der Waals surface area contributed by atoms with E-state index in [0.29, 0.717) is 32.2 Å². The molecule has 1 N–H and O–H groups in total. The van der Waals surface area contributed by atoms with Crippen LogP contribution in [0.15, 0.2) is 24.3 Å². The highest BCUT2D eigenvalue weighted by atomic mass is 16.7. The van der Waals surface area contributed by atoms with Crippen molar-refractivity contribution in [1.29, 1.82) is 0 Å². The molecule has 144 valence electrons. The van der Waals surface area contributed by atoms with Crippen LogP contribution in [0.4, 0.5) is 0 Å². The molecule has 1 aliphatic heterocycles. The van der Waals surface area contributed by atoms with Gasteiger partial charge in [-0.15, -0.1) is 0 Å². The second-order valence-corrected chi connectivity index (χ2v) is 6.85. The molecule has 0 unspecified atom stereocenters. The molecule has 0 saturated carbocycles. The Hall–Kier alpha value is -1.17. The molecule has 5 nitrogen and oxygen atoms in total. The minimum absolute atomic E-state index is 0.140. The van der Waals surface area contributed by atoms with Crippen molar-refractivity contribution < 1.29 is 19.0 Å². The van der Waals surface area contributed by atoms with E-state index in [1.165, 1.54) is 6.42 Å². The van der Waals surface area contributed by atoms with Gasteiger partial charge in [0.1, 0.15) is 6.61 Å². The molecule has 25 heavy (non-hydrogen) atoms. The highest BCUT2D eigenvalue weighted by Crippen LogP contribution is 2.19. The Morgan fingerprint density at radius 2 is 1.92 bits per heavy atom. The van der Waals surface area contributed by atoms with E-state index in [0.717, 1.165) is 32.4 Å². The zero-order valence-electron chi connectivity index (χ0n) is 16.1. The number of hydrogen-bond acceptors (Lipinski definition) is 5. The Bertz CT molecular complexity index is 408. The van der Waals surface area contributed by atoms with Gasteiger partial charge in [0, 0.05) is 18.9 Å². The lowest BCUT2D eigenvalue weighted by Gasteiger charge is -2.35. The van der Waals surface area contributed by atoms with Gasteiger partial charge >= 0.3 is 5.97 Å². The van der Waals surface area contributed by atoms with E-state index < -0.39 is 5.79 Å². The summed E-state index contributed by atoms with van der Waals surface area (Å²) in [6.45, 7) is 9.45. The third-order valence-electron chi connectivity index (χ3n) is 3.90. The molecule has 0 spiro atoms. The second-order valence-electron chi connectivity index (χ2n) is 6.85. The monoisotopic (exact) mass is 353 g/mol. The lowest BCUT2D eigenvalue weighted by molar-refractivity contribution is -0.261. The van der Waals surface area contributed by atoms with Crippen LogP contribution in [0.3, 0.4) is 0 Å². The number of esters is 1. The topological polar surface area (TPSA) is 56.8 Å². The number of carbonyl (C=O) groups is 1. The lowest BCUT2D eigenvalue weighted by Crippen LogP contribution is -2.42. The van der Waals surface area contributed by atoms with Crippen LogP contribution in [0.2, 0.25) is 0 Å². The molecular formula is C20H35NO4. The second kappa shape index (κ2) is 13.1. The van der Waals surface area contributed by atoms with Crippen molar-refractivity contribution in [2.45, 2.75) is 58.7 Å². The molecule has 1 rings (SSSR count). The first-order valence-corrected chi connectivity index (χ1v) is 9.47. The average Bonchev–Trinajstić information content (AvgIpc) is 2.58. The summed E-state index contributed by atoms with van der Waals surface area (Å²) in [6.07, 6.45) is 12.7. The number of hydrogen-bond donors (Lipinski definition) is 1. The molecule has 0 bridgehead atoms. The predicted octanol–water partition coefficient (Wildman–Crippen LogP) is 3.60. The molecule has 5 heteroatoms. The minimum atomic E-state index is -0.458. The largest absolute Gasteiger partial charge is 0.461 e. The van der Waals surface area contributed by atoms with E-state index in [1.807, 2.05) is 26.0 Å². The molecule has 0 aromatic carbocycles. The maximum atomic E-state index is 11.6. The fourth-order valence-electron chi connectivity index (χ4n) is 2.35. The summed E-state index contributed by atoms with van der Waals surface area (Å²) in [5.41, 5.74) is 0. The van der Waals surface area contributed by atoms with Crippen LogP contribution >= 0.6 is 0 Å². The number of carbonyl (C=O) groups excluding carboxylic acids is 1. The van der Waals surface area contributed by atoms with Crippen LogP contribution in [0, 0.1) is 5.92 Å². The number of allylic oxidation sites excluding steroid dienone is 3. The molecule has 0 aliphatic carbocycles. The summed E-state index contributed by atoms with van der Waals surface area (Å²) in [6, 6.07) is 0. The summed E-state index contributed by atoms with van der Waals surface area (Å²) in [7, 11) is 0. The molecule has 0 radical (unpaired) electrons. The van der Waals surface area contributed by atoms with Crippen LogP contribution in [0.1, 0.15) is 52.9 Å². The molecule has 0 atom stereocenters. The van der Waals surface area contributed by atoms with Crippen molar-refractivity contribution in [3.63, 3.8) is 0 Å². The Morgan fingerprint density at radius 1 is 1.20 bits per heavy atom. The normalized spacial score (nSPS) is 18.2. The van der Waals surface area contributed by atoms with Gasteiger partial charge in [-0.1, -0.05) is 37.6 Å². The van der Waals surface area contributed by atoms with E-state index in [-0.39, 0.29) is 5.97 Å². The van der Waals surface area contributed by atoms with E-state index in [9.17, 15) is 4.79 Å². The molecule has 1 heterocycles. The molecule has 0 aromatic rings. The van der Waals surface area contributed by atoms with Crippen molar-refractivity contribution in [2.24, 2.45) is 5.92 Å². The standard InChI is InChI=1S/C20H35NO4/c1-4-5-6-7-8-9-10-14-23-19(22)12-11-13-21-15-18-16-24-20(2,3)25-17-18/h6-7,9-10,18,21H,4-5,8,11-17H2,1-3H3/b7-6-,10-9-. The molecule has 1 saturated heterocycles. The van der Waals surface area contributed by atoms with Gasteiger partial charge in [0.2, 0.25) is 0 Å². The summed E-state index contributed by atoms with van der Waals surface area (Å²) in [4.78, 5) is 11.6. The van der Waals surface area contributed by atoms with Crippen LogP contribution in [-0.4, -0.2) is 44.7 Å². The zero-order valence-corrected chi connectivity index (χ0v) is 16.1. The zero-order chi connectivity index (χ0) is 18.4. The predicted molar refractivity (Wildman–Crippen MR) is 100 cm³/mol. The Kier molecular flexibility index (Phi) is 11.5. The maximum absolute atomic E-state index is 11.6. The molecule has 1 fully saturated rings. The Balaban J connectivity index is 1.93. The highest BCUT2D eigenvalue weighted by Gasteiger charge is 2.27. The van der Waals surface area contributed by atoms with Crippen LogP contribution in [-0.2, 0) is 19.0 Å². The third-order valence-corrected chi connectivity index (χ3v) is 3.90. The SMILES string of the molecule is CCC/C=C\C/C=C\COC(=O)CCCNCC1COC(C)(C)OC1. The number of rotatable bonds is 12. The van der Waals surface area contributed by atoms with Gasteiger partial charge in [0.05, 0.1) is 13.2 Å². The molecule has 0 amide bonds. The van der Waals surface area contributed by atoms with E-state index in [2.05, 4.69) is 24.4 Å².